The summed E-state index contributed by atoms with van der Waals surface area (Å²) in [5.41, 5.74) is 2.30. The number of benzene rings is 1. The van der Waals surface area contributed by atoms with E-state index >= 15 is 0 Å². The molecule has 2 aromatic rings. The number of aliphatic imine (C=N–C) groups is 1. The predicted octanol–water partition coefficient (Wildman–Crippen LogP) is 1.72. The van der Waals surface area contributed by atoms with E-state index in [0.717, 1.165) is 37.6 Å². The molecule has 6 heteroatoms. The lowest BCUT2D eigenvalue weighted by Crippen LogP contribution is -2.40. The fraction of sp³-hybridized carbons (Fsp3) is 0.412. The van der Waals surface area contributed by atoms with Crippen molar-refractivity contribution < 1.29 is 4.74 Å². The van der Waals surface area contributed by atoms with Gasteiger partial charge in [0.1, 0.15) is 0 Å². The highest BCUT2D eigenvalue weighted by molar-refractivity contribution is 5.79. The van der Waals surface area contributed by atoms with Gasteiger partial charge in [0.15, 0.2) is 5.96 Å². The Kier molecular flexibility index (Phi) is 5.26. The summed E-state index contributed by atoms with van der Waals surface area (Å²) >= 11 is 0. The van der Waals surface area contributed by atoms with Crippen LogP contribution < -0.4 is 10.6 Å². The zero-order valence-corrected chi connectivity index (χ0v) is 13.4. The van der Waals surface area contributed by atoms with Crippen molar-refractivity contribution in [2.75, 3.05) is 20.2 Å². The number of guanidine groups is 1. The van der Waals surface area contributed by atoms with E-state index in [1.807, 2.05) is 29.2 Å². The third-order valence-electron chi connectivity index (χ3n) is 3.97. The van der Waals surface area contributed by atoms with E-state index in [9.17, 15) is 0 Å². The van der Waals surface area contributed by atoms with Gasteiger partial charge in [-0.05, 0) is 24.5 Å². The van der Waals surface area contributed by atoms with Gasteiger partial charge in [-0.3, -0.25) is 4.99 Å². The predicted molar refractivity (Wildman–Crippen MR) is 90.7 cm³/mol. The van der Waals surface area contributed by atoms with Crippen molar-refractivity contribution in [3.63, 3.8) is 0 Å². The molecule has 2 heterocycles. The van der Waals surface area contributed by atoms with Gasteiger partial charge >= 0.3 is 0 Å². The minimum atomic E-state index is 0.298. The lowest BCUT2D eigenvalue weighted by atomic mass is 10.1. The van der Waals surface area contributed by atoms with Gasteiger partial charge in [-0.1, -0.05) is 18.2 Å². The van der Waals surface area contributed by atoms with Crippen molar-refractivity contribution >= 4 is 5.96 Å². The highest BCUT2D eigenvalue weighted by Crippen LogP contribution is 2.14. The van der Waals surface area contributed by atoms with Crippen LogP contribution >= 0.6 is 0 Å². The fourth-order valence-electron chi connectivity index (χ4n) is 2.73. The van der Waals surface area contributed by atoms with Crippen LogP contribution in [0, 0.1) is 0 Å². The number of imidazole rings is 1. The minimum Gasteiger partial charge on any atom is -0.376 e. The SMILES string of the molecule is CN=C(NCc1ccccc1-n1ccnc1)NCC1CCCO1. The summed E-state index contributed by atoms with van der Waals surface area (Å²) < 4.78 is 7.64. The molecule has 0 radical (unpaired) electrons. The van der Waals surface area contributed by atoms with Crippen LogP contribution in [0.25, 0.3) is 5.69 Å². The van der Waals surface area contributed by atoms with E-state index in [0.29, 0.717) is 12.6 Å². The van der Waals surface area contributed by atoms with E-state index < -0.39 is 0 Å². The van der Waals surface area contributed by atoms with Gasteiger partial charge in [0.05, 0.1) is 18.1 Å². The molecule has 1 aliphatic heterocycles. The molecule has 1 aromatic heterocycles. The molecule has 0 spiro atoms. The molecule has 0 bridgehead atoms. The first-order chi connectivity index (χ1) is 11.4. The molecule has 23 heavy (non-hydrogen) atoms. The molecule has 2 N–H and O–H groups in total. The molecule has 6 nitrogen and oxygen atoms in total. The van der Waals surface area contributed by atoms with E-state index in [4.69, 9.17) is 4.74 Å². The molecule has 0 amide bonds. The molecule has 122 valence electrons. The average Bonchev–Trinajstić information content (AvgIpc) is 3.29. The normalized spacial score (nSPS) is 18.1. The third-order valence-corrected chi connectivity index (χ3v) is 3.97. The van der Waals surface area contributed by atoms with Crippen LogP contribution in [0.3, 0.4) is 0 Å². The number of aromatic nitrogens is 2. The van der Waals surface area contributed by atoms with Crippen molar-refractivity contribution in [3.8, 4) is 5.69 Å². The van der Waals surface area contributed by atoms with E-state index in [1.165, 1.54) is 5.56 Å². The highest BCUT2D eigenvalue weighted by atomic mass is 16.5. The van der Waals surface area contributed by atoms with Crippen molar-refractivity contribution in [1.82, 2.24) is 20.2 Å². The van der Waals surface area contributed by atoms with Crippen molar-refractivity contribution in [3.05, 3.63) is 48.5 Å². The molecule has 1 saturated heterocycles. The molecule has 3 rings (SSSR count). The van der Waals surface area contributed by atoms with Crippen LogP contribution in [0.2, 0.25) is 0 Å². The summed E-state index contributed by atoms with van der Waals surface area (Å²) in [6.07, 6.45) is 8.11. The van der Waals surface area contributed by atoms with Gasteiger partial charge < -0.3 is 19.9 Å². The summed E-state index contributed by atoms with van der Waals surface area (Å²) in [4.78, 5) is 8.39. The second kappa shape index (κ2) is 7.78. The zero-order valence-electron chi connectivity index (χ0n) is 13.4. The van der Waals surface area contributed by atoms with Crippen LogP contribution in [0.5, 0.6) is 0 Å². The third kappa shape index (κ3) is 4.10. The van der Waals surface area contributed by atoms with Gasteiger partial charge in [0.25, 0.3) is 0 Å². The minimum absolute atomic E-state index is 0.298. The van der Waals surface area contributed by atoms with Crippen LogP contribution in [0.15, 0.2) is 48.0 Å². The van der Waals surface area contributed by atoms with Crippen molar-refractivity contribution in [1.29, 1.82) is 0 Å². The number of hydrogen-bond acceptors (Lipinski definition) is 3. The highest BCUT2D eigenvalue weighted by Gasteiger charge is 2.15. The maximum atomic E-state index is 5.62. The van der Waals surface area contributed by atoms with E-state index in [2.05, 4.69) is 32.7 Å². The lowest BCUT2D eigenvalue weighted by Gasteiger charge is -2.16. The molecular formula is C17H23N5O. The molecule has 1 aliphatic rings. The summed E-state index contributed by atoms with van der Waals surface area (Å²) in [6.45, 7) is 2.36. The number of nitrogens with zero attached hydrogens (tertiary/aromatic N) is 3. The Labute approximate surface area is 136 Å². The van der Waals surface area contributed by atoms with Crippen LogP contribution in [-0.4, -0.2) is 41.8 Å². The molecule has 1 unspecified atom stereocenters. The van der Waals surface area contributed by atoms with Gasteiger partial charge in [0.2, 0.25) is 0 Å². The monoisotopic (exact) mass is 313 g/mol. The maximum Gasteiger partial charge on any atom is 0.191 e. The molecule has 1 aromatic carbocycles. The van der Waals surface area contributed by atoms with Crippen molar-refractivity contribution in [2.24, 2.45) is 4.99 Å². The molecular weight excluding hydrogens is 290 g/mol. The second-order valence-corrected chi connectivity index (χ2v) is 5.54. The summed E-state index contributed by atoms with van der Waals surface area (Å²) in [6, 6.07) is 8.26. The first-order valence-corrected chi connectivity index (χ1v) is 7.99. The topological polar surface area (TPSA) is 63.5 Å². The second-order valence-electron chi connectivity index (χ2n) is 5.54. The Hall–Kier alpha value is -2.34. The Morgan fingerprint density at radius 3 is 3.04 bits per heavy atom. The molecule has 1 fully saturated rings. The number of ether oxygens (including phenoxy) is 1. The van der Waals surface area contributed by atoms with Gasteiger partial charge in [-0.2, -0.15) is 0 Å². The largest absolute Gasteiger partial charge is 0.376 e. The summed E-state index contributed by atoms with van der Waals surface area (Å²) in [5.74, 6) is 0.793. The van der Waals surface area contributed by atoms with Gasteiger partial charge in [0, 0.05) is 39.1 Å². The maximum absolute atomic E-state index is 5.62. The summed E-state index contributed by atoms with van der Waals surface area (Å²) in [7, 11) is 1.78. The molecule has 0 saturated carbocycles. The molecule has 0 aliphatic carbocycles. The Morgan fingerprint density at radius 2 is 2.30 bits per heavy atom. The Balaban J connectivity index is 1.58. The standard InChI is InChI=1S/C17H23N5O/c1-18-17(21-12-15-6-4-10-23-15)20-11-14-5-2-3-7-16(14)22-9-8-19-13-22/h2-3,5,7-9,13,15H,4,6,10-12H2,1H3,(H2,18,20,21). The quantitative estimate of drug-likeness (QED) is 0.652. The van der Waals surface area contributed by atoms with Crippen LogP contribution in [0.1, 0.15) is 18.4 Å². The number of nitrogens with one attached hydrogen (secondary N) is 2. The van der Waals surface area contributed by atoms with Crippen LogP contribution in [-0.2, 0) is 11.3 Å². The zero-order chi connectivity index (χ0) is 15.9. The van der Waals surface area contributed by atoms with Crippen LogP contribution in [0.4, 0.5) is 0 Å². The fourth-order valence-corrected chi connectivity index (χ4v) is 2.73. The lowest BCUT2D eigenvalue weighted by molar-refractivity contribution is 0.114. The number of para-hydroxylation sites is 1. The Bertz CT molecular complexity index is 632. The number of rotatable bonds is 5. The van der Waals surface area contributed by atoms with Gasteiger partial charge in [-0.15, -0.1) is 0 Å². The molecule has 1 atom stereocenters. The van der Waals surface area contributed by atoms with Crippen molar-refractivity contribution in [2.45, 2.75) is 25.5 Å². The first-order valence-electron chi connectivity index (χ1n) is 7.99. The van der Waals surface area contributed by atoms with Gasteiger partial charge in [-0.25, -0.2) is 4.98 Å². The van der Waals surface area contributed by atoms with E-state index in [-0.39, 0.29) is 0 Å². The average molecular weight is 313 g/mol. The Morgan fingerprint density at radius 1 is 1.39 bits per heavy atom. The number of hydrogen-bond donors (Lipinski definition) is 2. The summed E-state index contributed by atoms with van der Waals surface area (Å²) in [5, 5.41) is 6.69. The van der Waals surface area contributed by atoms with E-state index in [1.54, 1.807) is 13.2 Å². The smallest absolute Gasteiger partial charge is 0.191 e. The first kappa shape index (κ1) is 15.6.